The normalized spacial score (nSPS) is 13.1. The van der Waals surface area contributed by atoms with E-state index >= 15 is 0 Å². The average Bonchev–Trinajstić information content (AvgIpc) is 2.64. The summed E-state index contributed by atoms with van der Waals surface area (Å²) in [5.41, 5.74) is 2.54. The molecule has 26 heavy (non-hydrogen) atoms. The largest absolute Gasteiger partial charge is 0.368 e. The number of hydrogen-bond donors (Lipinski definition) is 2. The first-order valence-corrected chi connectivity index (χ1v) is 8.59. The monoisotopic (exact) mass is 354 g/mol. The summed E-state index contributed by atoms with van der Waals surface area (Å²) in [5.74, 6) is 1.23. The molecule has 0 saturated heterocycles. The van der Waals surface area contributed by atoms with Gasteiger partial charge in [0.2, 0.25) is 11.8 Å². The Labute approximate surface area is 152 Å². The van der Waals surface area contributed by atoms with Crippen LogP contribution >= 0.6 is 0 Å². The zero-order chi connectivity index (χ0) is 18.5. The van der Waals surface area contributed by atoms with Crippen molar-refractivity contribution >= 4 is 17.6 Å². The Hall–Kier alpha value is -3.03. The van der Waals surface area contributed by atoms with Crippen LogP contribution in [0.5, 0.6) is 0 Å². The number of rotatable bonds is 5. The lowest BCUT2D eigenvalue weighted by Gasteiger charge is -2.28. The topological polar surface area (TPSA) is 100 Å². The molecule has 0 spiro atoms. The van der Waals surface area contributed by atoms with Crippen molar-refractivity contribution in [2.45, 2.75) is 26.8 Å². The summed E-state index contributed by atoms with van der Waals surface area (Å²) in [6.07, 6.45) is 2.39. The molecule has 0 aromatic carbocycles. The van der Waals surface area contributed by atoms with E-state index < -0.39 is 0 Å². The van der Waals surface area contributed by atoms with Gasteiger partial charge in [-0.05, 0) is 18.6 Å². The standard InChI is InChI=1S/C18H22N6O2/c1-12(25)19-8-9-21-17-14-6-10-24(13(2)26)11-16(14)22-18(23-17)15-5-3-4-7-20-15/h3-5,7H,6,8-11H2,1-2H3,(H,19,25)(H,21,22,23). The molecule has 0 fully saturated rings. The summed E-state index contributed by atoms with van der Waals surface area (Å²) >= 11 is 0. The number of nitrogens with zero attached hydrogens (tertiary/aromatic N) is 4. The quantitative estimate of drug-likeness (QED) is 0.777. The van der Waals surface area contributed by atoms with Crippen LogP contribution in [-0.4, -0.2) is 51.3 Å². The van der Waals surface area contributed by atoms with Gasteiger partial charge in [0.1, 0.15) is 11.5 Å². The molecular weight excluding hydrogens is 332 g/mol. The predicted molar refractivity (Wildman–Crippen MR) is 97.2 cm³/mol. The van der Waals surface area contributed by atoms with Crippen molar-refractivity contribution in [3.05, 3.63) is 35.7 Å². The summed E-state index contributed by atoms with van der Waals surface area (Å²) in [4.78, 5) is 38.2. The van der Waals surface area contributed by atoms with Crippen molar-refractivity contribution in [3.63, 3.8) is 0 Å². The molecule has 1 aliphatic rings. The van der Waals surface area contributed by atoms with Gasteiger partial charge >= 0.3 is 0 Å². The Morgan fingerprint density at radius 3 is 2.73 bits per heavy atom. The van der Waals surface area contributed by atoms with Crippen molar-refractivity contribution in [2.75, 3.05) is 25.0 Å². The lowest BCUT2D eigenvalue weighted by molar-refractivity contribution is -0.129. The molecule has 2 amide bonds. The maximum atomic E-state index is 11.7. The number of aromatic nitrogens is 3. The highest BCUT2D eigenvalue weighted by Gasteiger charge is 2.24. The van der Waals surface area contributed by atoms with Gasteiger partial charge in [0.25, 0.3) is 0 Å². The van der Waals surface area contributed by atoms with Gasteiger partial charge in [-0.1, -0.05) is 6.07 Å². The van der Waals surface area contributed by atoms with E-state index in [-0.39, 0.29) is 11.8 Å². The van der Waals surface area contributed by atoms with Crippen LogP contribution < -0.4 is 10.6 Å². The summed E-state index contributed by atoms with van der Waals surface area (Å²) in [7, 11) is 0. The fourth-order valence-corrected chi connectivity index (χ4v) is 2.87. The first kappa shape index (κ1) is 17.8. The van der Waals surface area contributed by atoms with Crippen molar-refractivity contribution in [2.24, 2.45) is 0 Å². The Kier molecular flexibility index (Phi) is 5.40. The summed E-state index contributed by atoms with van der Waals surface area (Å²) in [5, 5.41) is 6.04. The van der Waals surface area contributed by atoms with Gasteiger partial charge < -0.3 is 15.5 Å². The fraction of sp³-hybridized carbons (Fsp3) is 0.389. The minimum Gasteiger partial charge on any atom is -0.368 e. The highest BCUT2D eigenvalue weighted by molar-refractivity contribution is 5.74. The third-order valence-corrected chi connectivity index (χ3v) is 4.20. The Morgan fingerprint density at radius 1 is 1.19 bits per heavy atom. The van der Waals surface area contributed by atoms with Crippen LogP contribution in [0.15, 0.2) is 24.4 Å². The molecule has 2 aromatic heterocycles. The number of anilines is 1. The van der Waals surface area contributed by atoms with Crippen molar-refractivity contribution < 1.29 is 9.59 Å². The summed E-state index contributed by atoms with van der Waals surface area (Å²) < 4.78 is 0. The Balaban J connectivity index is 1.90. The molecule has 8 nitrogen and oxygen atoms in total. The smallest absolute Gasteiger partial charge is 0.219 e. The van der Waals surface area contributed by atoms with E-state index in [0.29, 0.717) is 44.1 Å². The van der Waals surface area contributed by atoms with Crippen molar-refractivity contribution in [3.8, 4) is 11.5 Å². The predicted octanol–water partition coefficient (Wildman–Crippen LogP) is 0.991. The molecule has 0 atom stereocenters. The summed E-state index contributed by atoms with van der Waals surface area (Å²) in [6.45, 7) is 5.23. The van der Waals surface area contributed by atoms with E-state index in [1.54, 1.807) is 18.0 Å². The molecule has 0 saturated carbocycles. The van der Waals surface area contributed by atoms with E-state index in [1.165, 1.54) is 6.92 Å². The maximum Gasteiger partial charge on any atom is 0.219 e. The van der Waals surface area contributed by atoms with Crippen LogP contribution in [-0.2, 0) is 22.6 Å². The SMILES string of the molecule is CC(=O)NCCNc1nc(-c2ccccn2)nc2c1CCN(C(C)=O)C2. The van der Waals surface area contributed by atoms with Gasteiger partial charge in [-0.25, -0.2) is 9.97 Å². The molecule has 0 aliphatic carbocycles. The Bertz CT molecular complexity index is 809. The third-order valence-electron chi connectivity index (χ3n) is 4.20. The molecule has 0 bridgehead atoms. The van der Waals surface area contributed by atoms with Crippen LogP contribution in [0.3, 0.4) is 0 Å². The van der Waals surface area contributed by atoms with Crippen LogP contribution in [0.4, 0.5) is 5.82 Å². The van der Waals surface area contributed by atoms with Gasteiger partial charge in [-0.15, -0.1) is 0 Å². The fourth-order valence-electron chi connectivity index (χ4n) is 2.87. The zero-order valence-corrected chi connectivity index (χ0v) is 15.0. The minimum atomic E-state index is -0.0669. The maximum absolute atomic E-state index is 11.7. The highest BCUT2D eigenvalue weighted by Crippen LogP contribution is 2.26. The van der Waals surface area contributed by atoms with Crippen molar-refractivity contribution in [1.29, 1.82) is 0 Å². The summed E-state index contributed by atoms with van der Waals surface area (Å²) in [6, 6.07) is 5.58. The number of carbonyl (C=O) groups excluding carboxylic acids is 2. The molecule has 0 unspecified atom stereocenters. The Morgan fingerprint density at radius 2 is 2.04 bits per heavy atom. The number of hydrogen-bond acceptors (Lipinski definition) is 6. The number of carbonyl (C=O) groups is 2. The highest BCUT2D eigenvalue weighted by atomic mass is 16.2. The van der Waals surface area contributed by atoms with E-state index in [0.717, 1.165) is 17.1 Å². The van der Waals surface area contributed by atoms with E-state index in [1.807, 2.05) is 18.2 Å². The second kappa shape index (κ2) is 7.90. The van der Waals surface area contributed by atoms with E-state index in [9.17, 15) is 9.59 Å². The van der Waals surface area contributed by atoms with E-state index in [2.05, 4.69) is 25.6 Å². The van der Waals surface area contributed by atoms with Gasteiger partial charge in [-0.3, -0.25) is 14.6 Å². The molecule has 3 heterocycles. The average molecular weight is 354 g/mol. The van der Waals surface area contributed by atoms with Crippen LogP contribution in [0.25, 0.3) is 11.5 Å². The lowest BCUT2D eigenvalue weighted by atomic mass is 10.0. The number of nitrogens with one attached hydrogen (secondary N) is 2. The first-order valence-electron chi connectivity index (χ1n) is 8.59. The molecule has 8 heteroatoms. The molecule has 136 valence electrons. The van der Waals surface area contributed by atoms with Gasteiger partial charge in [-0.2, -0.15) is 0 Å². The van der Waals surface area contributed by atoms with Crippen LogP contribution in [0.2, 0.25) is 0 Å². The van der Waals surface area contributed by atoms with E-state index in [4.69, 9.17) is 0 Å². The number of pyridine rings is 1. The van der Waals surface area contributed by atoms with Crippen LogP contribution in [0, 0.1) is 0 Å². The first-order chi connectivity index (χ1) is 12.5. The van der Waals surface area contributed by atoms with Gasteiger partial charge in [0, 0.05) is 45.2 Å². The van der Waals surface area contributed by atoms with Gasteiger partial charge in [0.15, 0.2) is 5.82 Å². The van der Waals surface area contributed by atoms with Crippen LogP contribution in [0.1, 0.15) is 25.1 Å². The molecule has 2 N–H and O–H groups in total. The lowest BCUT2D eigenvalue weighted by Crippen LogP contribution is -2.35. The third kappa shape index (κ3) is 4.14. The number of amides is 2. The second-order valence-corrected chi connectivity index (χ2v) is 6.14. The minimum absolute atomic E-state index is 0.0359. The van der Waals surface area contributed by atoms with Crippen molar-refractivity contribution in [1.82, 2.24) is 25.2 Å². The zero-order valence-electron chi connectivity index (χ0n) is 15.0. The molecule has 1 aliphatic heterocycles. The number of fused-ring (bicyclic) bond motifs is 1. The molecule has 0 radical (unpaired) electrons. The molecular formula is C18H22N6O2. The molecule has 3 rings (SSSR count). The second-order valence-electron chi connectivity index (χ2n) is 6.14. The van der Waals surface area contributed by atoms with Gasteiger partial charge in [0.05, 0.1) is 12.2 Å². The molecule has 2 aromatic rings.